The minimum absolute atomic E-state index is 0.156. The summed E-state index contributed by atoms with van der Waals surface area (Å²) in [5, 5.41) is 0. The van der Waals surface area contributed by atoms with Crippen LogP contribution in [0.15, 0.2) is 24.3 Å². The summed E-state index contributed by atoms with van der Waals surface area (Å²) in [6, 6.07) is 7.81. The summed E-state index contributed by atoms with van der Waals surface area (Å²) in [6.45, 7) is 4.06. The van der Waals surface area contributed by atoms with E-state index in [0.717, 1.165) is 16.9 Å². The van der Waals surface area contributed by atoms with Crippen LogP contribution in [0.3, 0.4) is 0 Å². The Labute approximate surface area is 130 Å². The highest BCUT2D eigenvalue weighted by atomic mass is 16.5. The van der Waals surface area contributed by atoms with Gasteiger partial charge in [0.2, 0.25) is 0 Å². The fourth-order valence-electron chi connectivity index (χ4n) is 2.58. The van der Waals surface area contributed by atoms with Crippen molar-refractivity contribution in [3.05, 3.63) is 30.1 Å². The lowest BCUT2D eigenvalue weighted by molar-refractivity contribution is -0.145. The van der Waals surface area contributed by atoms with E-state index < -0.39 is 0 Å². The predicted molar refractivity (Wildman–Crippen MR) is 84.5 cm³/mol. The first-order valence-electron chi connectivity index (χ1n) is 7.54. The number of ketones is 1. The zero-order valence-electron chi connectivity index (χ0n) is 13.3. The maximum Gasteiger partial charge on any atom is 0.308 e. The Bertz CT molecular complexity index is 676. The van der Waals surface area contributed by atoms with Gasteiger partial charge in [-0.25, -0.2) is 4.98 Å². The van der Waals surface area contributed by atoms with E-state index in [1.165, 1.54) is 7.11 Å². The molecule has 5 heteroatoms. The highest BCUT2D eigenvalue weighted by Crippen LogP contribution is 2.16. The van der Waals surface area contributed by atoms with Gasteiger partial charge in [-0.2, -0.15) is 0 Å². The van der Waals surface area contributed by atoms with Crippen LogP contribution in [0.25, 0.3) is 11.0 Å². The van der Waals surface area contributed by atoms with Crippen molar-refractivity contribution in [2.24, 2.45) is 5.92 Å². The monoisotopic (exact) mass is 302 g/mol. The van der Waals surface area contributed by atoms with Crippen LogP contribution in [-0.4, -0.2) is 28.4 Å². The van der Waals surface area contributed by atoms with Crippen molar-refractivity contribution in [1.82, 2.24) is 9.55 Å². The number of carbonyl (C=O) groups excluding carboxylic acids is 2. The van der Waals surface area contributed by atoms with Gasteiger partial charge in [0.15, 0.2) is 5.78 Å². The Morgan fingerprint density at radius 3 is 2.77 bits per heavy atom. The lowest BCUT2D eigenvalue weighted by atomic mass is 10.0. The number of fused-ring (bicyclic) bond motifs is 1. The number of ether oxygens (including phenoxy) is 1. The fraction of sp³-hybridized carbons (Fsp3) is 0.471. The molecule has 5 nitrogen and oxygen atoms in total. The molecule has 1 atom stereocenters. The van der Waals surface area contributed by atoms with Crippen LogP contribution in [0.4, 0.5) is 0 Å². The van der Waals surface area contributed by atoms with Crippen molar-refractivity contribution in [2.45, 2.75) is 39.7 Å². The van der Waals surface area contributed by atoms with Crippen molar-refractivity contribution in [2.75, 3.05) is 7.11 Å². The van der Waals surface area contributed by atoms with E-state index >= 15 is 0 Å². The number of Topliss-reactive ketones (excluding diaryl/α,β-unsaturated/α-hetero) is 1. The predicted octanol–water partition coefficient (Wildman–Crippen LogP) is 2.89. The Morgan fingerprint density at radius 2 is 2.05 bits per heavy atom. The third-order valence-electron chi connectivity index (χ3n) is 3.88. The highest BCUT2D eigenvalue weighted by molar-refractivity contribution is 5.82. The molecule has 1 unspecified atom stereocenters. The molecule has 0 bridgehead atoms. The fourth-order valence-corrected chi connectivity index (χ4v) is 2.58. The van der Waals surface area contributed by atoms with Crippen molar-refractivity contribution < 1.29 is 14.3 Å². The van der Waals surface area contributed by atoms with Crippen molar-refractivity contribution in [3.8, 4) is 0 Å². The summed E-state index contributed by atoms with van der Waals surface area (Å²) in [5.41, 5.74) is 1.89. The number of aryl methyl sites for hydroxylation is 1. The average Bonchev–Trinajstić information content (AvgIpc) is 2.82. The van der Waals surface area contributed by atoms with Crippen molar-refractivity contribution in [1.29, 1.82) is 0 Å². The van der Waals surface area contributed by atoms with Gasteiger partial charge in [-0.1, -0.05) is 19.1 Å². The summed E-state index contributed by atoms with van der Waals surface area (Å²) in [5.74, 6) is 0.623. The van der Waals surface area contributed by atoms with E-state index in [1.54, 1.807) is 0 Å². The molecule has 0 aliphatic heterocycles. The minimum Gasteiger partial charge on any atom is -0.469 e. The van der Waals surface area contributed by atoms with Crippen LogP contribution in [-0.2, 0) is 20.9 Å². The van der Waals surface area contributed by atoms with Crippen LogP contribution in [0.1, 0.15) is 32.0 Å². The van der Waals surface area contributed by atoms with Gasteiger partial charge in [0.25, 0.3) is 0 Å². The topological polar surface area (TPSA) is 61.2 Å². The second-order valence-electron chi connectivity index (χ2n) is 5.59. The van der Waals surface area contributed by atoms with Gasteiger partial charge in [0.1, 0.15) is 5.82 Å². The van der Waals surface area contributed by atoms with Crippen LogP contribution >= 0.6 is 0 Å². The zero-order chi connectivity index (χ0) is 16.1. The van der Waals surface area contributed by atoms with Gasteiger partial charge in [-0.15, -0.1) is 0 Å². The van der Waals surface area contributed by atoms with Crippen LogP contribution < -0.4 is 0 Å². The van der Waals surface area contributed by atoms with E-state index in [0.29, 0.717) is 25.8 Å². The molecule has 1 heterocycles. The minimum atomic E-state index is -0.219. The summed E-state index contributed by atoms with van der Waals surface area (Å²) < 4.78 is 6.63. The number of para-hydroxylation sites is 2. The first-order valence-corrected chi connectivity index (χ1v) is 7.54. The van der Waals surface area contributed by atoms with Gasteiger partial charge in [-0.3, -0.25) is 9.59 Å². The molecule has 2 aromatic rings. The molecule has 118 valence electrons. The molecule has 0 spiro atoms. The maximum absolute atomic E-state index is 12.2. The largest absolute Gasteiger partial charge is 0.469 e. The molecule has 0 aliphatic rings. The van der Waals surface area contributed by atoms with E-state index in [4.69, 9.17) is 0 Å². The number of nitrogens with zero attached hydrogens (tertiary/aromatic N) is 2. The normalized spacial score (nSPS) is 12.3. The first-order chi connectivity index (χ1) is 10.5. The molecule has 0 N–H and O–H groups in total. The molecule has 0 aliphatic carbocycles. The smallest absolute Gasteiger partial charge is 0.308 e. The average molecular weight is 302 g/mol. The van der Waals surface area contributed by atoms with Gasteiger partial charge < -0.3 is 9.30 Å². The molecule has 1 aromatic carbocycles. The summed E-state index contributed by atoms with van der Waals surface area (Å²) in [6.07, 6.45) is 1.83. The summed E-state index contributed by atoms with van der Waals surface area (Å²) in [7, 11) is 1.39. The molecular weight excluding hydrogens is 280 g/mol. The third-order valence-corrected chi connectivity index (χ3v) is 3.88. The molecule has 0 saturated carbocycles. The molecule has 0 radical (unpaired) electrons. The number of methoxy groups -OCH3 is 1. The van der Waals surface area contributed by atoms with Gasteiger partial charge in [-0.05, 0) is 31.9 Å². The molecule has 1 aromatic heterocycles. The van der Waals surface area contributed by atoms with Crippen LogP contribution in [0, 0.1) is 12.8 Å². The number of esters is 1. The lowest BCUT2D eigenvalue weighted by Gasteiger charge is -2.09. The number of imidazole rings is 1. The Balaban J connectivity index is 1.91. The van der Waals surface area contributed by atoms with E-state index in [2.05, 4.69) is 9.72 Å². The molecule has 2 rings (SSSR count). The number of aromatic nitrogens is 2. The summed E-state index contributed by atoms with van der Waals surface area (Å²) >= 11 is 0. The van der Waals surface area contributed by atoms with E-state index in [9.17, 15) is 9.59 Å². The van der Waals surface area contributed by atoms with Crippen LogP contribution in [0.5, 0.6) is 0 Å². The lowest BCUT2D eigenvalue weighted by Crippen LogP contribution is -2.14. The Hall–Kier alpha value is -2.17. The molecule has 0 fully saturated rings. The Kier molecular flexibility index (Phi) is 5.31. The van der Waals surface area contributed by atoms with Gasteiger partial charge >= 0.3 is 5.97 Å². The van der Waals surface area contributed by atoms with E-state index in [-0.39, 0.29) is 17.7 Å². The second kappa shape index (κ2) is 7.20. The number of rotatable bonds is 7. The Morgan fingerprint density at radius 1 is 1.32 bits per heavy atom. The molecule has 22 heavy (non-hydrogen) atoms. The molecule has 0 saturated heterocycles. The van der Waals surface area contributed by atoms with Crippen LogP contribution in [0.2, 0.25) is 0 Å². The summed E-state index contributed by atoms with van der Waals surface area (Å²) in [4.78, 5) is 27.9. The zero-order valence-corrected chi connectivity index (χ0v) is 13.3. The number of carbonyl (C=O) groups is 2. The standard InChI is InChI=1S/C17H22N2O3/c1-12(17(21)22-3)7-6-8-14(20)11-19-13(2)18-15-9-4-5-10-16(15)19/h4-5,9-10,12H,6-8,11H2,1-3H3. The SMILES string of the molecule is COC(=O)C(C)CCCC(=O)Cn1c(C)nc2ccccc21. The molecule has 0 amide bonds. The van der Waals surface area contributed by atoms with E-state index in [1.807, 2.05) is 42.7 Å². The van der Waals surface area contributed by atoms with Crippen molar-refractivity contribution in [3.63, 3.8) is 0 Å². The second-order valence-corrected chi connectivity index (χ2v) is 5.59. The molecular formula is C17H22N2O3. The highest BCUT2D eigenvalue weighted by Gasteiger charge is 2.14. The van der Waals surface area contributed by atoms with Gasteiger partial charge in [0, 0.05) is 6.42 Å². The third kappa shape index (κ3) is 3.72. The maximum atomic E-state index is 12.2. The van der Waals surface area contributed by atoms with Gasteiger partial charge in [0.05, 0.1) is 30.6 Å². The number of benzene rings is 1. The van der Waals surface area contributed by atoms with Crippen molar-refractivity contribution >= 4 is 22.8 Å². The number of hydrogen-bond donors (Lipinski definition) is 0. The quantitative estimate of drug-likeness (QED) is 0.738. The number of hydrogen-bond acceptors (Lipinski definition) is 4. The first kappa shape index (κ1) is 16.2.